The van der Waals surface area contributed by atoms with E-state index in [2.05, 4.69) is 28.2 Å². The summed E-state index contributed by atoms with van der Waals surface area (Å²) in [6, 6.07) is 8.32. The van der Waals surface area contributed by atoms with Crippen LogP contribution in [0.15, 0.2) is 24.3 Å². The summed E-state index contributed by atoms with van der Waals surface area (Å²) in [6.07, 6.45) is 7.56. The van der Waals surface area contributed by atoms with Crippen LogP contribution in [0.1, 0.15) is 56.9 Å². The molecule has 2 atom stereocenters. The molecule has 28 heavy (non-hydrogen) atoms. The summed E-state index contributed by atoms with van der Waals surface area (Å²) in [7, 11) is -3.20. The summed E-state index contributed by atoms with van der Waals surface area (Å²) >= 11 is 0. The van der Waals surface area contributed by atoms with E-state index in [-0.39, 0.29) is 18.2 Å². The van der Waals surface area contributed by atoms with Crippen LogP contribution in [0.5, 0.6) is 5.75 Å². The lowest BCUT2D eigenvalue weighted by molar-refractivity contribution is 0.00511. The maximum absolute atomic E-state index is 11.6. The van der Waals surface area contributed by atoms with Gasteiger partial charge in [-0.15, -0.1) is 0 Å². The van der Waals surface area contributed by atoms with Gasteiger partial charge in [0.2, 0.25) is 10.0 Å². The van der Waals surface area contributed by atoms with Crippen LogP contribution in [0, 0.1) is 0 Å². The molecule has 158 valence electrons. The number of nitrogens with one attached hydrogen (secondary N) is 2. The van der Waals surface area contributed by atoms with Gasteiger partial charge < -0.3 is 14.8 Å². The summed E-state index contributed by atoms with van der Waals surface area (Å²) in [6.45, 7) is 4.17. The second kappa shape index (κ2) is 10.1. The van der Waals surface area contributed by atoms with Crippen LogP contribution < -0.4 is 14.8 Å². The molecule has 0 aromatic heterocycles. The first-order valence-corrected chi connectivity index (χ1v) is 12.4. The topological polar surface area (TPSA) is 76.7 Å². The Kier molecular flexibility index (Phi) is 7.74. The first kappa shape index (κ1) is 21.6. The third-order valence-electron chi connectivity index (χ3n) is 5.79. The van der Waals surface area contributed by atoms with E-state index in [1.54, 1.807) is 0 Å². The standard InChI is InChI=1S/C21H34N2O4S/c1-3-26-21-9-5-4-7-18(21)16-10-12-17(13-11-16)27-15-20-19(8-6-14-22-20)23-28(2,24)25/h4-5,7,9,16-17,19-20,22-23H,3,6,8,10-15H2,1-2H3/t16-,17+,19-,20-/m0/s1. The highest BCUT2D eigenvalue weighted by atomic mass is 32.2. The summed E-state index contributed by atoms with van der Waals surface area (Å²) in [4.78, 5) is 0. The van der Waals surface area contributed by atoms with Gasteiger partial charge in [-0.3, -0.25) is 0 Å². The first-order valence-electron chi connectivity index (χ1n) is 10.5. The van der Waals surface area contributed by atoms with Crippen LogP contribution in [0.25, 0.3) is 0 Å². The Hall–Kier alpha value is -1.15. The second-order valence-electron chi connectivity index (χ2n) is 7.98. The molecule has 0 amide bonds. The van der Waals surface area contributed by atoms with E-state index in [0.717, 1.165) is 50.8 Å². The van der Waals surface area contributed by atoms with E-state index >= 15 is 0 Å². The van der Waals surface area contributed by atoms with Gasteiger partial charge in [-0.25, -0.2) is 13.1 Å². The van der Waals surface area contributed by atoms with Crippen molar-refractivity contribution in [2.75, 3.05) is 26.0 Å². The highest BCUT2D eigenvalue weighted by Crippen LogP contribution is 2.38. The van der Waals surface area contributed by atoms with Gasteiger partial charge in [0.1, 0.15) is 5.75 Å². The first-order chi connectivity index (χ1) is 13.5. The summed E-state index contributed by atoms with van der Waals surface area (Å²) in [5, 5.41) is 3.42. The predicted octanol–water partition coefficient (Wildman–Crippen LogP) is 2.80. The van der Waals surface area contributed by atoms with Crippen molar-refractivity contribution in [2.24, 2.45) is 0 Å². The van der Waals surface area contributed by atoms with Gasteiger partial charge in [0.15, 0.2) is 0 Å². The highest BCUT2D eigenvalue weighted by Gasteiger charge is 2.30. The van der Waals surface area contributed by atoms with E-state index in [4.69, 9.17) is 9.47 Å². The van der Waals surface area contributed by atoms with Gasteiger partial charge >= 0.3 is 0 Å². The van der Waals surface area contributed by atoms with Crippen LogP contribution in [-0.2, 0) is 14.8 Å². The molecule has 1 aromatic carbocycles. The van der Waals surface area contributed by atoms with Gasteiger partial charge in [0.25, 0.3) is 0 Å². The molecule has 1 saturated heterocycles. The maximum Gasteiger partial charge on any atom is 0.209 e. The molecule has 0 spiro atoms. The number of sulfonamides is 1. The Bertz CT molecular complexity index is 717. The lowest BCUT2D eigenvalue weighted by Crippen LogP contribution is -2.55. The van der Waals surface area contributed by atoms with Crippen molar-refractivity contribution in [1.82, 2.24) is 10.0 Å². The van der Waals surface area contributed by atoms with Crippen LogP contribution in [0.2, 0.25) is 0 Å². The number of para-hydroxylation sites is 1. The second-order valence-corrected chi connectivity index (χ2v) is 9.76. The largest absolute Gasteiger partial charge is 0.494 e. The van der Waals surface area contributed by atoms with Crippen molar-refractivity contribution < 1.29 is 17.9 Å². The Labute approximate surface area is 169 Å². The molecule has 2 fully saturated rings. The summed E-state index contributed by atoms with van der Waals surface area (Å²) < 4.78 is 38.0. The van der Waals surface area contributed by atoms with E-state index in [9.17, 15) is 8.42 Å². The molecule has 0 bridgehead atoms. The lowest BCUT2D eigenvalue weighted by atomic mass is 9.82. The van der Waals surface area contributed by atoms with E-state index in [1.807, 2.05) is 13.0 Å². The van der Waals surface area contributed by atoms with Crippen LogP contribution >= 0.6 is 0 Å². The Morgan fingerprint density at radius 3 is 2.61 bits per heavy atom. The van der Waals surface area contributed by atoms with Gasteiger partial charge in [0.05, 0.1) is 25.6 Å². The molecule has 0 radical (unpaired) electrons. The Morgan fingerprint density at radius 2 is 1.89 bits per heavy atom. The minimum absolute atomic E-state index is 0.0416. The number of ether oxygens (including phenoxy) is 2. The Morgan fingerprint density at radius 1 is 1.14 bits per heavy atom. The minimum Gasteiger partial charge on any atom is -0.494 e. The number of hydrogen-bond acceptors (Lipinski definition) is 5. The third kappa shape index (κ3) is 6.17. The molecule has 1 saturated carbocycles. The zero-order valence-electron chi connectivity index (χ0n) is 17.0. The van der Waals surface area contributed by atoms with Crippen molar-refractivity contribution in [3.63, 3.8) is 0 Å². The summed E-state index contributed by atoms with van der Waals surface area (Å²) in [5.41, 5.74) is 1.31. The quantitative estimate of drug-likeness (QED) is 0.689. The van der Waals surface area contributed by atoms with Crippen LogP contribution in [0.4, 0.5) is 0 Å². The molecule has 1 heterocycles. The van der Waals surface area contributed by atoms with Gasteiger partial charge in [0, 0.05) is 12.1 Å². The number of hydrogen-bond donors (Lipinski definition) is 2. The average molecular weight is 411 g/mol. The van der Waals surface area contributed by atoms with Crippen LogP contribution in [-0.4, -0.2) is 52.6 Å². The van der Waals surface area contributed by atoms with Crippen molar-refractivity contribution in [3.8, 4) is 5.75 Å². The molecule has 1 aliphatic heterocycles. The molecule has 0 unspecified atom stereocenters. The van der Waals surface area contributed by atoms with Crippen LogP contribution in [0.3, 0.4) is 0 Å². The van der Waals surface area contributed by atoms with Gasteiger partial charge in [-0.05, 0) is 69.5 Å². The smallest absolute Gasteiger partial charge is 0.209 e. The van der Waals surface area contributed by atoms with Crippen molar-refractivity contribution in [3.05, 3.63) is 29.8 Å². The Balaban J connectivity index is 1.49. The molecular weight excluding hydrogens is 376 g/mol. The van der Waals surface area contributed by atoms with Gasteiger partial charge in [-0.1, -0.05) is 18.2 Å². The molecule has 3 rings (SSSR count). The molecular formula is C21H34N2O4S. The van der Waals surface area contributed by atoms with E-state index in [1.165, 1.54) is 11.8 Å². The molecule has 7 heteroatoms. The zero-order chi connectivity index (χ0) is 20.0. The zero-order valence-corrected chi connectivity index (χ0v) is 17.8. The fourth-order valence-electron chi connectivity index (χ4n) is 4.43. The fourth-order valence-corrected chi connectivity index (χ4v) is 5.26. The third-order valence-corrected chi connectivity index (χ3v) is 6.52. The van der Waals surface area contributed by atoms with E-state index in [0.29, 0.717) is 19.1 Å². The molecule has 2 aliphatic rings. The maximum atomic E-state index is 11.6. The number of benzene rings is 1. The van der Waals surface area contributed by atoms with Crippen molar-refractivity contribution in [1.29, 1.82) is 0 Å². The van der Waals surface area contributed by atoms with Crippen molar-refractivity contribution in [2.45, 2.75) is 69.6 Å². The minimum atomic E-state index is -3.20. The monoisotopic (exact) mass is 410 g/mol. The fraction of sp³-hybridized carbons (Fsp3) is 0.714. The molecule has 6 nitrogen and oxygen atoms in total. The highest BCUT2D eigenvalue weighted by molar-refractivity contribution is 7.88. The van der Waals surface area contributed by atoms with E-state index < -0.39 is 10.0 Å². The lowest BCUT2D eigenvalue weighted by Gasteiger charge is -2.35. The number of rotatable bonds is 8. The van der Waals surface area contributed by atoms with Crippen molar-refractivity contribution >= 4 is 10.0 Å². The molecule has 1 aromatic rings. The summed E-state index contributed by atoms with van der Waals surface area (Å²) in [5.74, 6) is 1.53. The number of piperidine rings is 1. The normalized spacial score (nSPS) is 28.8. The average Bonchev–Trinajstić information content (AvgIpc) is 2.67. The van der Waals surface area contributed by atoms with Gasteiger partial charge in [-0.2, -0.15) is 0 Å². The SMILES string of the molecule is CCOc1ccccc1[C@H]1CC[C@@H](OC[C@@H]2NCCC[C@@H]2NS(C)(=O)=O)CC1. The predicted molar refractivity (Wildman–Crippen MR) is 111 cm³/mol. The molecule has 1 aliphatic carbocycles. The molecule has 2 N–H and O–H groups in total.